The third kappa shape index (κ3) is 2.77. The van der Waals surface area contributed by atoms with Crippen molar-refractivity contribution in [2.45, 2.75) is 6.04 Å². The van der Waals surface area contributed by atoms with E-state index in [1.54, 1.807) is 12.1 Å². The van der Waals surface area contributed by atoms with Crippen molar-refractivity contribution in [2.75, 3.05) is 25.0 Å². The summed E-state index contributed by atoms with van der Waals surface area (Å²) in [6.07, 6.45) is 0. The summed E-state index contributed by atoms with van der Waals surface area (Å²) in [5, 5.41) is 8.96. The van der Waals surface area contributed by atoms with Crippen LogP contribution in [0.1, 0.15) is 0 Å². The number of nitrogens with one attached hydrogen (secondary N) is 3. The largest absolute Gasteiger partial charge is 0.325 e. The van der Waals surface area contributed by atoms with Crippen LogP contribution in [0.15, 0.2) is 24.3 Å². The van der Waals surface area contributed by atoms with E-state index in [1.807, 2.05) is 0 Å². The first-order chi connectivity index (χ1) is 7.75. The molecule has 1 unspecified atom stereocenters. The van der Waals surface area contributed by atoms with Gasteiger partial charge in [-0.2, -0.15) is 0 Å². The van der Waals surface area contributed by atoms with E-state index >= 15 is 0 Å². The maximum absolute atomic E-state index is 12.6. The van der Waals surface area contributed by atoms with Crippen LogP contribution in [0, 0.1) is 5.82 Å². The Bertz CT molecular complexity index is 360. The molecule has 0 spiro atoms. The van der Waals surface area contributed by atoms with Crippen LogP contribution < -0.4 is 16.0 Å². The number of carbonyl (C=O) groups excluding carboxylic acids is 1. The van der Waals surface area contributed by atoms with Crippen molar-refractivity contribution in [1.29, 1.82) is 0 Å². The van der Waals surface area contributed by atoms with Crippen LogP contribution in [0.25, 0.3) is 0 Å². The van der Waals surface area contributed by atoms with Crippen LogP contribution in [-0.4, -0.2) is 31.6 Å². The molecule has 0 saturated carbocycles. The second-order valence-corrected chi connectivity index (χ2v) is 3.71. The monoisotopic (exact) mass is 223 g/mol. The van der Waals surface area contributed by atoms with Gasteiger partial charge in [0.1, 0.15) is 5.82 Å². The fourth-order valence-corrected chi connectivity index (χ4v) is 1.60. The van der Waals surface area contributed by atoms with Gasteiger partial charge in [-0.25, -0.2) is 4.39 Å². The summed E-state index contributed by atoms with van der Waals surface area (Å²) in [6, 6.07) is 5.51. The maximum atomic E-state index is 12.6. The number of rotatable bonds is 2. The molecule has 1 amide bonds. The van der Waals surface area contributed by atoms with Gasteiger partial charge in [0.05, 0.1) is 6.04 Å². The first-order valence-corrected chi connectivity index (χ1v) is 5.26. The summed E-state index contributed by atoms with van der Waals surface area (Å²) in [5.41, 5.74) is 0.610. The van der Waals surface area contributed by atoms with Gasteiger partial charge >= 0.3 is 0 Å². The lowest BCUT2D eigenvalue weighted by molar-refractivity contribution is -0.118. The quantitative estimate of drug-likeness (QED) is 0.677. The highest BCUT2D eigenvalue weighted by Gasteiger charge is 2.19. The van der Waals surface area contributed by atoms with Crippen molar-refractivity contribution < 1.29 is 9.18 Å². The normalized spacial score (nSPS) is 20.4. The number of benzene rings is 1. The molecule has 1 aliphatic rings. The molecule has 3 N–H and O–H groups in total. The zero-order valence-electron chi connectivity index (χ0n) is 8.79. The van der Waals surface area contributed by atoms with E-state index < -0.39 is 0 Å². The van der Waals surface area contributed by atoms with Gasteiger partial charge in [-0.05, 0) is 24.3 Å². The van der Waals surface area contributed by atoms with Crippen molar-refractivity contribution in [3.63, 3.8) is 0 Å². The van der Waals surface area contributed by atoms with Crippen LogP contribution in [0.5, 0.6) is 0 Å². The molecule has 0 aromatic heterocycles. The first kappa shape index (κ1) is 11.0. The predicted octanol–water partition coefficient (Wildman–Crippen LogP) is 0.326. The smallest absolute Gasteiger partial charge is 0.242 e. The molecule has 16 heavy (non-hydrogen) atoms. The molecule has 0 radical (unpaired) electrons. The van der Waals surface area contributed by atoms with E-state index in [2.05, 4.69) is 16.0 Å². The lowest BCUT2D eigenvalue weighted by Gasteiger charge is -2.23. The lowest BCUT2D eigenvalue weighted by atomic mass is 10.2. The number of anilines is 1. The maximum Gasteiger partial charge on any atom is 0.242 e. The highest BCUT2D eigenvalue weighted by Crippen LogP contribution is 2.08. The van der Waals surface area contributed by atoms with E-state index in [0.29, 0.717) is 12.2 Å². The second-order valence-electron chi connectivity index (χ2n) is 3.71. The van der Waals surface area contributed by atoms with E-state index in [1.165, 1.54) is 12.1 Å². The van der Waals surface area contributed by atoms with Crippen molar-refractivity contribution in [3.8, 4) is 0 Å². The summed E-state index contributed by atoms with van der Waals surface area (Å²) in [7, 11) is 0. The molecule has 1 aromatic rings. The summed E-state index contributed by atoms with van der Waals surface area (Å²) < 4.78 is 12.6. The molecule has 1 aromatic carbocycles. The predicted molar refractivity (Wildman–Crippen MR) is 59.7 cm³/mol. The summed E-state index contributed by atoms with van der Waals surface area (Å²) >= 11 is 0. The van der Waals surface area contributed by atoms with Gasteiger partial charge in [0.15, 0.2) is 0 Å². The summed E-state index contributed by atoms with van der Waals surface area (Å²) in [4.78, 5) is 11.7. The molecule has 1 aliphatic heterocycles. The Morgan fingerprint density at radius 3 is 2.69 bits per heavy atom. The van der Waals surface area contributed by atoms with E-state index in [4.69, 9.17) is 0 Å². The molecule has 4 nitrogen and oxygen atoms in total. The highest BCUT2D eigenvalue weighted by atomic mass is 19.1. The standard InChI is InChI=1S/C11H14FN3O/c12-8-1-3-9(4-2-8)15-11(16)10-7-13-5-6-14-10/h1-4,10,13-14H,5-7H2,(H,15,16). The van der Waals surface area contributed by atoms with Gasteiger partial charge in [-0.1, -0.05) is 0 Å². The average Bonchev–Trinajstić information content (AvgIpc) is 2.33. The Balaban J connectivity index is 1.93. The van der Waals surface area contributed by atoms with E-state index in [0.717, 1.165) is 13.1 Å². The zero-order valence-corrected chi connectivity index (χ0v) is 8.79. The highest BCUT2D eigenvalue weighted by molar-refractivity contribution is 5.95. The Kier molecular flexibility index (Phi) is 3.48. The molecular formula is C11H14FN3O. The Morgan fingerprint density at radius 2 is 2.06 bits per heavy atom. The molecule has 1 fully saturated rings. The van der Waals surface area contributed by atoms with Gasteiger partial charge in [-0.15, -0.1) is 0 Å². The van der Waals surface area contributed by atoms with Gasteiger partial charge in [0.2, 0.25) is 5.91 Å². The van der Waals surface area contributed by atoms with Gasteiger partial charge in [-0.3, -0.25) is 4.79 Å². The number of hydrogen-bond acceptors (Lipinski definition) is 3. The number of piperazine rings is 1. The number of halogens is 1. The van der Waals surface area contributed by atoms with Gasteiger partial charge in [0, 0.05) is 25.3 Å². The Hall–Kier alpha value is -1.46. The molecule has 1 atom stereocenters. The molecule has 1 saturated heterocycles. The third-order valence-electron chi connectivity index (χ3n) is 2.47. The van der Waals surface area contributed by atoms with Crippen LogP contribution in [-0.2, 0) is 4.79 Å². The molecule has 5 heteroatoms. The topological polar surface area (TPSA) is 53.2 Å². The molecule has 0 aliphatic carbocycles. The second kappa shape index (κ2) is 5.05. The fraction of sp³-hybridized carbons (Fsp3) is 0.364. The first-order valence-electron chi connectivity index (χ1n) is 5.26. The minimum atomic E-state index is -0.310. The van der Waals surface area contributed by atoms with Crippen LogP contribution in [0.3, 0.4) is 0 Å². The summed E-state index contributed by atoms with van der Waals surface area (Å²) in [6.45, 7) is 2.27. The number of carbonyl (C=O) groups is 1. The van der Waals surface area contributed by atoms with Gasteiger partial charge < -0.3 is 16.0 Å². The minimum absolute atomic E-state index is 0.0983. The summed E-state index contributed by atoms with van der Waals surface area (Å²) in [5.74, 6) is -0.408. The fourth-order valence-electron chi connectivity index (χ4n) is 1.60. The SMILES string of the molecule is O=C(Nc1ccc(F)cc1)C1CNCCN1. The van der Waals surface area contributed by atoms with Crippen molar-refractivity contribution in [1.82, 2.24) is 10.6 Å². The lowest BCUT2D eigenvalue weighted by Crippen LogP contribution is -2.54. The number of amides is 1. The molecule has 0 bridgehead atoms. The molecular weight excluding hydrogens is 209 g/mol. The third-order valence-corrected chi connectivity index (χ3v) is 2.47. The molecule has 1 heterocycles. The van der Waals surface area contributed by atoms with Gasteiger partial charge in [0.25, 0.3) is 0 Å². The minimum Gasteiger partial charge on any atom is -0.325 e. The Morgan fingerprint density at radius 1 is 1.31 bits per heavy atom. The molecule has 86 valence electrons. The van der Waals surface area contributed by atoms with E-state index in [9.17, 15) is 9.18 Å². The van der Waals surface area contributed by atoms with Crippen LogP contribution in [0.4, 0.5) is 10.1 Å². The van der Waals surface area contributed by atoms with E-state index in [-0.39, 0.29) is 17.8 Å². The van der Waals surface area contributed by atoms with Crippen LogP contribution >= 0.6 is 0 Å². The number of hydrogen-bond donors (Lipinski definition) is 3. The Labute approximate surface area is 93.2 Å². The van der Waals surface area contributed by atoms with Crippen molar-refractivity contribution in [2.24, 2.45) is 0 Å². The molecule has 2 rings (SSSR count). The van der Waals surface area contributed by atoms with Crippen molar-refractivity contribution in [3.05, 3.63) is 30.1 Å². The average molecular weight is 223 g/mol. The van der Waals surface area contributed by atoms with Crippen LogP contribution in [0.2, 0.25) is 0 Å². The zero-order chi connectivity index (χ0) is 11.4. The van der Waals surface area contributed by atoms with Crippen molar-refractivity contribution >= 4 is 11.6 Å².